The standard InChI is InChI=1S/C38H30N3O.C18H24GeN.Ir/c1-22(2)24-19-20-30(36-34(24)29-16-11-21-39-38(29)42-36)37-40-31-17-9-10-18-32(31)41(37)35-28-15-8-6-13-26(28)25-12-5-7-14-27(25)33(35)23(3)4;1-14(2)11-16-12-18(15-9-7-6-8-10-15)20-13-17(16)19(3,4)5;/h5-19,21-23H,1-4H3;6-9,12-14H,11H2,1-5H3;/q2*-1;. The molecule has 0 saturated carbocycles. The van der Waals surface area contributed by atoms with E-state index in [1.54, 1.807) is 10.6 Å². The molecular formula is C56H54GeIrN4O-2. The molecule has 0 saturated heterocycles. The molecule has 0 aliphatic rings. The summed E-state index contributed by atoms with van der Waals surface area (Å²) < 4.78 is 10.4. The van der Waals surface area contributed by atoms with Gasteiger partial charge < -0.3 is 8.98 Å². The van der Waals surface area contributed by atoms with Gasteiger partial charge in [0.1, 0.15) is 0 Å². The Balaban J connectivity index is 0.000000219. The van der Waals surface area contributed by atoms with Crippen LogP contribution in [0.2, 0.25) is 17.3 Å². The molecule has 10 aromatic rings. The second-order valence-corrected chi connectivity index (χ2v) is 29.1. The summed E-state index contributed by atoms with van der Waals surface area (Å²) in [6.07, 6.45) is 5.06. The number of aromatic nitrogens is 4. The molecule has 4 aromatic heterocycles. The van der Waals surface area contributed by atoms with Gasteiger partial charge >= 0.3 is 126 Å². The number of hydrogen-bond donors (Lipinski definition) is 0. The minimum absolute atomic E-state index is 0. The van der Waals surface area contributed by atoms with Crippen molar-refractivity contribution >= 4 is 72.3 Å². The van der Waals surface area contributed by atoms with Crippen LogP contribution < -0.4 is 4.40 Å². The first-order valence-corrected chi connectivity index (χ1v) is 29.3. The van der Waals surface area contributed by atoms with Crippen molar-refractivity contribution in [2.45, 2.75) is 77.1 Å². The van der Waals surface area contributed by atoms with Crippen LogP contribution in [0.3, 0.4) is 0 Å². The number of fused-ring (bicyclic) bond motifs is 7. The summed E-state index contributed by atoms with van der Waals surface area (Å²) in [6.45, 7) is 13.6. The second-order valence-electron chi connectivity index (χ2n) is 18.6. The van der Waals surface area contributed by atoms with E-state index < -0.39 is 13.3 Å². The molecule has 0 amide bonds. The van der Waals surface area contributed by atoms with Crippen molar-refractivity contribution in [3.63, 3.8) is 0 Å². The quantitative estimate of drug-likeness (QED) is 0.0864. The molecule has 5 nitrogen and oxygen atoms in total. The predicted octanol–water partition coefficient (Wildman–Crippen LogP) is 14.6. The van der Waals surface area contributed by atoms with Gasteiger partial charge in [0.05, 0.1) is 28.1 Å². The van der Waals surface area contributed by atoms with Gasteiger partial charge in [-0.2, -0.15) is 0 Å². The van der Waals surface area contributed by atoms with Gasteiger partial charge in [-0.25, -0.2) is 4.98 Å². The molecule has 0 fully saturated rings. The van der Waals surface area contributed by atoms with Crippen molar-refractivity contribution in [3.8, 4) is 28.3 Å². The Kier molecular flexibility index (Phi) is 12.6. The van der Waals surface area contributed by atoms with E-state index in [0.29, 0.717) is 17.5 Å². The molecular weight excluding hydrogens is 1010 g/mol. The van der Waals surface area contributed by atoms with E-state index in [0.717, 1.165) is 62.1 Å². The van der Waals surface area contributed by atoms with Gasteiger partial charge in [-0.05, 0) is 51.9 Å². The Morgan fingerprint density at radius 3 is 2.05 bits per heavy atom. The summed E-state index contributed by atoms with van der Waals surface area (Å²) in [7, 11) is 0. The van der Waals surface area contributed by atoms with E-state index in [4.69, 9.17) is 14.4 Å². The Morgan fingerprint density at radius 1 is 0.698 bits per heavy atom. The van der Waals surface area contributed by atoms with Crippen LogP contribution in [0.15, 0.2) is 138 Å². The molecule has 0 bridgehead atoms. The summed E-state index contributed by atoms with van der Waals surface area (Å²) in [6, 6.07) is 49.4. The minimum atomic E-state index is -1.86. The molecule has 0 aliphatic carbocycles. The average Bonchev–Trinajstić information content (AvgIpc) is 3.85. The van der Waals surface area contributed by atoms with Crippen molar-refractivity contribution in [2.24, 2.45) is 5.92 Å². The number of nitrogens with zero attached hydrogens (tertiary/aromatic N) is 4. The van der Waals surface area contributed by atoms with Crippen LogP contribution in [0.4, 0.5) is 0 Å². The Morgan fingerprint density at radius 2 is 1.37 bits per heavy atom. The topological polar surface area (TPSA) is 56.7 Å². The van der Waals surface area contributed by atoms with Gasteiger partial charge in [0.15, 0.2) is 0 Å². The van der Waals surface area contributed by atoms with E-state index in [1.165, 1.54) is 38.2 Å². The molecule has 0 N–H and O–H groups in total. The summed E-state index contributed by atoms with van der Waals surface area (Å²) >= 11 is -1.86. The summed E-state index contributed by atoms with van der Waals surface area (Å²) in [5.74, 6) is 9.38. The van der Waals surface area contributed by atoms with Crippen molar-refractivity contribution in [1.29, 1.82) is 0 Å². The van der Waals surface area contributed by atoms with Crippen LogP contribution in [0.1, 0.15) is 70.1 Å². The first-order valence-electron chi connectivity index (χ1n) is 22.0. The van der Waals surface area contributed by atoms with Crippen molar-refractivity contribution in [1.82, 2.24) is 19.5 Å². The molecule has 6 aromatic carbocycles. The van der Waals surface area contributed by atoms with E-state index in [9.17, 15) is 0 Å². The first kappa shape index (κ1) is 44.2. The number of benzene rings is 6. The van der Waals surface area contributed by atoms with Gasteiger partial charge in [0.2, 0.25) is 5.71 Å². The Labute approximate surface area is 387 Å². The molecule has 1 radical (unpaired) electrons. The largest absolute Gasteiger partial charge is 0.486 e. The van der Waals surface area contributed by atoms with Crippen molar-refractivity contribution < 1.29 is 24.5 Å². The van der Waals surface area contributed by atoms with Crippen LogP contribution in [-0.2, 0) is 26.5 Å². The number of furan rings is 1. The van der Waals surface area contributed by atoms with E-state index in [-0.39, 0.29) is 26.0 Å². The van der Waals surface area contributed by atoms with Crippen molar-refractivity contribution in [2.75, 3.05) is 0 Å². The van der Waals surface area contributed by atoms with Gasteiger partial charge in [0.25, 0.3) is 0 Å². The van der Waals surface area contributed by atoms with Crippen LogP contribution in [0, 0.1) is 18.1 Å². The van der Waals surface area contributed by atoms with E-state index >= 15 is 0 Å². The van der Waals surface area contributed by atoms with Crippen LogP contribution in [0.25, 0.3) is 83.0 Å². The van der Waals surface area contributed by atoms with E-state index in [2.05, 4.69) is 184 Å². The SMILES string of the molecule is CC(C)Cc1cc(-c2[c-]cccc2)nc[c]1[Ge]([CH3])([CH3])[CH3].CC(C)c1c(-n2c(-c3[c-]cc(C(C)C)c4c3oc3ncccc34)nc3ccccc32)c2ccccc2c2ccccc12.[Ir]. The Bertz CT molecular complexity index is 3250. The first-order chi connectivity index (χ1) is 29.9. The minimum Gasteiger partial charge on any atom is -0.486 e. The predicted molar refractivity (Wildman–Crippen MR) is 264 cm³/mol. The maximum atomic E-state index is 6.56. The third kappa shape index (κ3) is 8.30. The molecule has 63 heavy (non-hydrogen) atoms. The normalized spacial score (nSPS) is 11.9. The van der Waals surface area contributed by atoms with Gasteiger partial charge in [0, 0.05) is 37.1 Å². The van der Waals surface area contributed by atoms with E-state index in [1.807, 2.05) is 24.3 Å². The third-order valence-corrected chi connectivity index (χ3v) is 16.3. The molecule has 7 heteroatoms. The summed E-state index contributed by atoms with van der Waals surface area (Å²) in [5, 5.41) is 7.08. The third-order valence-electron chi connectivity index (χ3n) is 11.9. The number of imidazole rings is 1. The van der Waals surface area contributed by atoms with Crippen LogP contribution in [-0.4, -0.2) is 32.8 Å². The molecule has 0 atom stereocenters. The second kappa shape index (κ2) is 18.0. The molecule has 0 unspecified atom stereocenters. The molecule has 0 aliphatic heterocycles. The van der Waals surface area contributed by atoms with Crippen molar-refractivity contribution in [3.05, 3.63) is 163 Å². The summed E-state index contributed by atoms with van der Waals surface area (Å²) in [5.41, 5.74) is 11.5. The maximum absolute atomic E-state index is 6.56. The molecule has 10 rings (SSSR count). The van der Waals surface area contributed by atoms with Gasteiger partial charge in [-0.15, -0.1) is 17.7 Å². The average molecular weight is 1060 g/mol. The summed E-state index contributed by atoms with van der Waals surface area (Å²) in [4.78, 5) is 14.6. The zero-order chi connectivity index (χ0) is 43.3. The zero-order valence-corrected chi connectivity index (χ0v) is 42.2. The van der Waals surface area contributed by atoms with Crippen LogP contribution >= 0.6 is 0 Å². The number of hydrogen-bond acceptors (Lipinski definition) is 4. The molecule has 0 spiro atoms. The number of rotatable bonds is 8. The number of para-hydroxylation sites is 2. The Hall–Kier alpha value is -5.40. The maximum Gasteiger partial charge on any atom is 0.216 e. The monoisotopic (exact) mass is 1070 g/mol. The molecule has 4 heterocycles. The fourth-order valence-corrected chi connectivity index (χ4v) is 12.5. The van der Waals surface area contributed by atoms with Gasteiger partial charge in [-0.3, -0.25) is 4.98 Å². The zero-order valence-electron chi connectivity index (χ0n) is 37.7. The fourth-order valence-electron chi connectivity index (χ4n) is 9.18. The smallest absolute Gasteiger partial charge is 0.216 e. The molecule has 319 valence electrons. The van der Waals surface area contributed by atoms with Crippen LogP contribution in [0.5, 0.6) is 0 Å². The number of pyridine rings is 2. The fraction of sp³-hybridized carbons (Fsp3) is 0.232. The van der Waals surface area contributed by atoms with Gasteiger partial charge in [-0.1, -0.05) is 105 Å².